The van der Waals surface area contributed by atoms with Crippen LogP contribution in [0.2, 0.25) is 0 Å². The van der Waals surface area contributed by atoms with Gasteiger partial charge in [0.1, 0.15) is 0 Å². The molecule has 3 N–H and O–H groups in total. The molecule has 0 heterocycles. The highest BCUT2D eigenvalue weighted by molar-refractivity contribution is 5.87. The van der Waals surface area contributed by atoms with Crippen LogP contribution in [0.25, 0.3) is 10.8 Å². The van der Waals surface area contributed by atoms with Crippen LogP contribution in [0.15, 0.2) is 42.5 Å². The van der Waals surface area contributed by atoms with Crippen molar-refractivity contribution in [3.05, 3.63) is 48.0 Å². The third-order valence-corrected chi connectivity index (χ3v) is 3.44. The second-order valence-corrected chi connectivity index (χ2v) is 5.41. The minimum atomic E-state index is -0.523. The molecular formula is C16H20N2O. The van der Waals surface area contributed by atoms with Crippen LogP contribution in [0.1, 0.15) is 19.4 Å². The number of fused-ring (bicyclic) bond motifs is 1. The molecule has 0 spiro atoms. The van der Waals surface area contributed by atoms with Crippen molar-refractivity contribution in [3.63, 3.8) is 0 Å². The number of nitrogens with two attached hydrogens (primary N) is 1. The van der Waals surface area contributed by atoms with Gasteiger partial charge in [-0.1, -0.05) is 42.5 Å². The molecule has 0 saturated heterocycles. The van der Waals surface area contributed by atoms with E-state index < -0.39 is 5.41 Å². The molecule has 2 rings (SSSR count). The molecule has 0 saturated carbocycles. The van der Waals surface area contributed by atoms with Crippen LogP contribution in [-0.4, -0.2) is 12.5 Å². The van der Waals surface area contributed by atoms with Crippen LogP contribution in [0.5, 0.6) is 0 Å². The molecule has 0 aliphatic rings. The Morgan fingerprint density at radius 1 is 1.16 bits per heavy atom. The standard InChI is InChI=1S/C16H20N2O/c1-16(2,11-17)15(19)18-10-13-8-5-7-12-6-3-4-9-14(12)13/h3-9H,10-11,17H2,1-2H3,(H,18,19). The summed E-state index contributed by atoms with van der Waals surface area (Å²) < 4.78 is 0. The van der Waals surface area contributed by atoms with Crippen molar-refractivity contribution >= 4 is 16.7 Å². The zero-order valence-electron chi connectivity index (χ0n) is 11.4. The summed E-state index contributed by atoms with van der Waals surface area (Å²) in [4.78, 5) is 12.0. The number of hydrogen-bond donors (Lipinski definition) is 2. The average molecular weight is 256 g/mol. The van der Waals surface area contributed by atoms with E-state index >= 15 is 0 Å². The minimum Gasteiger partial charge on any atom is -0.351 e. The van der Waals surface area contributed by atoms with Gasteiger partial charge >= 0.3 is 0 Å². The smallest absolute Gasteiger partial charge is 0.227 e. The average Bonchev–Trinajstić information content (AvgIpc) is 2.44. The van der Waals surface area contributed by atoms with Crippen molar-refractivity contribution in [3.8, 4) is 0 Å². The third-order valence-electron chi connectivity index (χ3n) is 3.44. The van der Waals surface area contributed by atoms with E-state index in [0.29, 0.717) is 13.1 Å². The first-order valence-corrected chi connectivity index (χ1v) is 6.49. The quantitative estimate of drug-likeness (QED) is 0.882. The topological polar surface area (TPSA) is 55.1 Å². The molecule has 100 valence electrons. The molecule has 0 unspecified atom stereocenters. The first kappa shape index (κ1) is 13.6. The van der Waals surface area contributed by atoms with Gasteiger partial charge < -0.3 is 11.1 Å². The molecule has 2 aromatic carbocycles. The van der Waals surface area contributed by atoms with Crippen LogP contribution in [0.4, 0.5) is 0 Å². The molecule has 0 atom stereocenters. The van der Waals surface area contributed by atoms with Gasteiger partial charge in [-0.3, -0.25) is 4.79 Å². The SMILES string of the molecule is CC(C)(CN)C(=O)NCc1cccc2ccccc12. The first-order valence-electron chi connectivity index (χ1n) is 6.49. The zero-order chi connectivity index (χ0) is 13.9. The third kappa shape index (κ3) is 2.93. The molecule has 0 aliphatic carbocycles. The van der Waals surface area contributed by atoms with E-state index in [-0.39, 0.29) is 5.91 Å². The summed E-state index contributed by atoms with van der Waals surface area (Å²) in [7, 11) is 0. The summed E-state index contributed by atoms with van der Waals surface area (Å²) in [5.74, 6) is -0.0112. The van der Waals surface area contributed by atoms with Crippen molar-refractivity contribution in [2.45, 2.75) is 20.4 Å². The number of carbonyl (C=O) groups is 1. The van der Waals surface area contributed by atoms with Gasteiger partial charge in [-0.2, -0.15) is 0 Å². The van der Waals surface area contributed by atoms with Gasteiger partial charge in [0.25, 0.3) is 0 Å². The lowest BCUT2D eigenvalue weighted by Crippen LogP contribution is -2.41. The predicted octanol–water partition coefficient (Wildman–Crippen LogP) is 2.44. The Hall–Kier alpha value is -1.87. The van der Waals surface area contributed by atoms with E-state index in [2.05, 4.69) is 23.5 Å². The second-order valence-electron chi connectivity index (χ2n) is 5.41. The van der Waals surface area contributed by atoms with E-state index in [1.165, 1.54) is 10.8 Å². The lowest BCUT2D eigenvalue weighted by molar-refractivity contribution is -0.129. The van der Waals surface area contributed by atoms with Crippen molar-refractivity contribution in [2.24, 2.45) is 11.1 Å². The first-order chi connectivity index (χ1) is 9.04. The van der Waals surface area contributed by atoms with Gasteiger partial charge in [-0.15, -0.1) is 0 Å². The molecule has 0 bridgehead atoms. The molecular weight excluding hydrogens is 236 g/mol. The number of benzene rings is 2. The molecule has 0 radical (unpaired) electrons. The van der Waals surface area contributed by atoms with Gasteiger partial charge in [0.2, 0.25) is 5.91 Å². The van der Waals surface area contributed by atoms with Crippen molar-refractivity contribution in [1.29, 1.82) is 0 Å². The number of nitrogens with one attached hydrogen (secondary N) is 1. The van der Waals surface area contributed by atoms with E-state index in [1.807, 2.05) is 38.1 Å². The minimum absolute atomic E-state index is 0.0112. The molecule has 3 nitrogen and oxygen atoms in total. The maximum Gasteiger partial charge on any atom is 0.227 e. The zero-order valence-corrected chi connectivity index (χ0v) is 11.4. The molecule has 2 aromatic rings. The van der Waals surface area contributed by atoms with E-state index in [1.54, 1.807) is 0 Å². The molecule has 0 fully saturated rings. The Labute approximate surface area is 113 Å². The maximum atomic E-state index is 12.0. The lowest BCUT2D eigenvalue weighted by Gasteiger charge is -2.21. The highest BCUT2D eigenvalue weighted by Crippen LogP contribution is 2.19. The highest BCUT2D eigenvalue weighted by Gasteiger charge is 2.25. The van der Waals surface area contributed by atoms with Gasteiger partial charge in [-0.05, 0) is 30.2 Å². The van der Waals surface area contributed by atoms with Crippen molar-refractivity contribution < 1.29 is 4.79 Å². The number of amides is 1. The summed E-state index contributed by atoms with van der Waals surface area (Å²) in [6, 6.07) is 14.3. The Balaban J connectivity index is 2.17. The Morgan fingerprint density at radius 3 is 2.58 bits per heavy atom. The van der Waals surface area contributed by atoms with Crippen LogP contribution in [-0.2, 0) is 11.3 Å². The summed E-state index contributed by atoms with van der Waals surface area (Å²) in [6.45, 7) is 4.58. The van der Waals surface area contributed by atoms with Gasteiger partial charge in [-0.25, -0.2) is 0 Å². The maximum absolute atomic E-state index is 12.0. The van der Waals surface area contributed by atoms with Crippen LogP contribution in [0, 0.1) is 5.41 Å². The molecule has 19 heavy (non-hydrogen) atoms. The second kappa shape index (κ2) is 5.41. The summed E-state index contributed by atoms with van der Waals surface area (Å²) in [6.07, 6.45) is 0. The molecule has 1 amide bonds. The van der Waals surface area contributed by atoms with E-state index in [0.717, 1.165) is 5.56 Å². The van der Waals surface area contributed by atoms with Crippen molar-refractivity contribution in [1.82, 2.24) is 5.32 Å². The Morgan fingerprint density at radius 2 is 1.84 bits per heavy atom. The number of carbonyl (C=O) groups excluding carboxylic acids is 1. The highest BCUT2D eigenvalue weighted by atomic mass is 16.2. The van der Waals surface area contributed by atoms with E-state index in [9.17, 15) is 4.79 Å². The predicted molar refractivity (Wildman–Crippen MR) is 78.6 cm³/mol. The summed E-state index contributed by atoms with van der Waals surface area (Å²) in [5.41, 5.74) is 6.21. The molecule has 3 heteroatoms. The lowest BCUT2D eigenvalue weighted by atomic mass is 9.92. The normalized spacial score (nSPS) is 11.5. The Kier molecular flexibility index (Phi) is 3.86. The van der Waals surface area contributed by atoms with Gasteiger partial charge in [0.05, 0.1) is 5.41 Å². The molecule has 0 aromatic heterocycles. The summed E-state index contributed by atoms with van der Waals surface area (Å²) >= 11 is 0. The van der Waals surface area contributed by atoms with Gasteiger partial charge in [0, 0.05) is 13.1 Å². The van der Waals surface area contributed by atoms with Crippen LogP contribution in [0.3, 0.4) is 0 Å². The fourth-order valence-corrected chi connectivity index (χ4v) is 1.95. The van der Waals surface area contributed by atoms with E-state index in [4.69, 9.17) is 5.73 Å². The summed E-state index contributed by atoms with van der Waals surface area (Å²) in [5, 5.41) is 5.33. The molecule has 0 aliphatic heterocycles. The fraction of sp³-hybridized carbons (Fsp3) is 0.312. The number of hydrogen-bond acceptors (Lipinski definition) is 2. The fourth-order valence-electron chi connectivity index (χ4n) is 1.95. The van der Waals surface area contributed by atoms with Crippen LogP contribution >= 0.6 is 0 Å². The van der Waals surface area contributed by atoms with Crippen molar-refractivity contribution in [2.75, 3.05) is 6.54 Å². The number of rotatable bonds is 4. The van der Waals surface area contributed by atoms with Crippen LogP contribution < -0.4 is 11.1 Å². The van der Waals surface area contributed by atoms with Gasteiger partial charge in [0.15, 0.2) is 0 Å². The Bertz CT molecular complexity index is 585. The monoisotopic (exact) mass is 256 g/mol. The largest absolute Gasteiger partial charge is 0.351 e.